The molecule has 1 aliphatic carbocycles. The van der Waals surface area contributed by atoms with Gasteiger partial charge in [-0.15, -0.1) is 0 Å². The highest BCUT2D eigenvalue weighted by atomic mass is 16.6. The van der Waals surface area contributed by atoms with Crippen LogP contribution in [-0.4, -0.2) is 13.3 Å². The third-order valence-electron chi connectivity index (χ3n) is 2.75. The van der Waals surface area contributed by atoms with Gasteiger partial charge in [-0.05, 0) is 30.1 Å². The van der Waals surface area contributed by atoms with Crippen LogP contribution in [0.15, 0.2) is 47.1 Å². The van der Waals surface area contributed by atoms with Crippen LogP contribution < -0.4 is 0 Å². The minimum atomic E-state index is 1.00. The Morgan fingerprint density at radius 3 is 2.81 bits per heavy atom. The molecule has 0 aromatic heterocycles. The highest BCUT2D eigenvalue weighted by Crippen LogP contribution is 2.30. The zero-order chi connectivity index (χ0) is 11.4. The van der Waals surface area contributed by atoms with Crippen molar-refractivity contribution in [3.05, 3.63) is 53.1 Å². The summed E-state index contributed by atoms with van der Waals surface area (Å²) < 4.78 is 0. The van der Waals surface area contributed by atoms with Gasteiger partial charge in [0, 0.05) is 5.56 Å². The highest BCUT2D eigenvalue weighted by molar-refractivity contribution is 5.90. The highest BCUT2D eigenvalue weighted by Gasteiger charge is 2.10. The van der Waals surface area contributed by atoms with Crippen molar-refractivity contribution >= 4 is 11.8 Å². The molecule has 0 atom stereocenters. The van der Waals surface area contributed by atoms with Gasteiger partial charge in [0.05, 0.1) is 6.21 Å². The van der Waals surface area contributed by atoms with Crippen LogP contribution >= 0.6 is 0 Å². The van der Waals surface area contributed by atoms with Crippen molar-refractivity contribution in [2.45, 2.75) is 13.3 Å². The van der Waals surface area contributed by atoms with Crippen molar-refractivity contribution in [1.29, 1.82) is 0 Å². The number of hydrogen-bond acceptors (Lipinski definition) is 2. The molecule has 0 bridgehead atoms. The third-order valence-corrected chi connectivity index (χ3v) is 2.75. The fraction of sp³-hybridized carbons (Fsp3) is 0.214. The van der Waals surface area contributed by atoms with E-state index in [2.05, 4.69) is 42.4 Å². The predicted octanol–water partition coefficient (Wildman–Crippen LogP) is 3.40. The molecule has 82 valence electrons. The Balaban J connectivity index is 2.41. The number of benzene rings is 1. The summed E-state index contributed by atoms with van der Waals surface area (Å²) in [4.78, 5) is 4.73. The van der Waals surface area contributed by atoms with E-state index < -0.39 is 0 Å². The Morgan fingerprint density at radius 2 is 2.12 bits per heavy atom. The first kappa shape index (κ1) is 10.7. The van der Waals surface area contributed by atoms with E-state index in [-0.39, 0.29) is 0 Å². The van der Waals surface area contributed by atoms with Crippen molar-refractivity contribution < 1.29 is 4.84 Å². The molecule has 1 aliphatic rings. The Kier molecular flexibility index (Phi) is 3.20. The topological polar surface area (TPSA) is 21.6 Å². The predicted molar refractivity (Wildman–Crippen MR) is 67.4 cm³/mol. The lowest BCUT2D eigenvalue weighted by atomic mass is 9.97. The molecule has 1 aromatic carbocycles. The molecule has 0 fully saturated rings. The molecule has 2 nitrogen and oxygen atoms in total. The van der Waals surface area contributed by atoms with Gasteiger partial charge in [-0.3, -0.25) is 0 Å². The zero-order valence-electron chi connectivity index (χ0n) is 9.60. The van der Waals surface area contributed by atoms with E-state index in [1.807, 2.05) is 6.07 Å². The summed E-state index contributed by atoms with van der Waals surface area (Å²) in [7, 11) is 1.56. The van der Waals surface area contributed by atoms with Crippen molar-refractivity contribution in [3.8, 4) is 0 Å². The maximum Gasteiger partial charge on any atom is 0.106 e. The molecule has 1 aromatic rings. The molecule has 2 heteroatoms. The van der Waals surface area contributed by atoms with E-state index in [4.69, 9.17) is 4.84 Å². The van der Waals surface area contributed by atoms with Crippen LogP contribution in [0.25, 0.3) is 5.57 Å². The Hall–Kier alpha value is -1.83. The molecule has 0 unspecified atom stereocenters. The SMILES string of the molecule is CON=Cc1ccccc1C1=C(C)C=CC1. The van der Waals surface area contributed by atoms with Crippen LogP contribution in [0.1, 0.15) is 24.5 Å². The van der Waals surface area contributed by atoms with Gasteiger partial charge in [-0.2, -0.15) is 0 Å². The molecule has 0 aliphatic heterocycles. The number of rotatable bonds is 3. The van der Waals surface area contributed by atoms with Gasteiger partial charge in [0.2, 0.25) is 0 Å². The lowest BCUT2D eigenvalue weighted by Gasteiger charge is -2.08. The Morgan fingerprint density at radius 1 is 1.31 bits per heavy atom. The largest absolute Gasteiger partial charge is 0.399 e. The summed E-state index contributed by atoms with van der Waals surface area (Å²) in [6, 6.07) is 8.25. The van der Waals surface area contributed by atoms with Gasteiger partial charge < -0.3 is 4.84 Å². The molecule has 2 rings (SSSR count). The summed E-state index contributed by atoms with van der Waals surface area (Å²) in [6.45, 7) is 2.14. The summed E-state index contributed by atoms with van der Waals surface area (Å²) in [6.07, 6.45) is 7.12. The van der Waals surface area contributed by atoms with Gasteiger partial charge in [-0.1, -0.05) is 41.6 Å². The average Bonchev–Trinajstić information content (AvgIpc) is 2.73. The molecular weight excluding hydrogens is 198 g/mol. The Bertz CT molecular complexity index is 469. The van der Waals surface area contributed by atoms with E-state index in [1.54, 1.807) is 13.3 Å². The monoisotopic (exact) mass is 213 g/mol. The molecule has 0 amide bonds. The first-order valence-corrected chi connectivity index (χ1v) is 5.35. The molecule has 0 saturated carbocycles. The molecule has 16 heavy (non-hydrogen) atoms. The van der Waals surface area contributed by atoms with Gasteiger partial charge in [0.25, 0.3) is 0 Å². The standard InChI is InChI=1S/C14H15NO/c1-11-6-5-9-13(11)14-8-4-3-7-12(14)10-15-16-2/h3-8,10H,9H2,1-2H3. The van der Waals surface area contributed by atoms with Crippen LogP contribution in [0, 0.1) is 0 Å². The van der Waals surface area contributed by atoms with Crippen LogP contribution in [0.3, 0.4) is 0 Å². The fourth-order valence-electron chi connectivity index (χ4n) is 1.93. The van der Waals surface area contributed by atoms with Gasteiger partial charge in [0.1, 0.15) is 7.11 Å². The average molecular weight is 213 g/mol. The third kappa shape index (κ3) is 2.06. The maximum atomic E-state index is 4.73. The first-order valence-electron chi connectivity index (χ1n) is 5.35. The lowest BCUT2D eigenvalue weighted by Crippen LogP contribution is -1.92. The van der Waals surface area contributed by atoms with E-state index in [1.165, 1.54) is 16.7 Å². The van der Waals surface area contributed by atoms with Crippen LogP contribution in [0.2, 0.25) is 0 Å². The maximum absolute atomic E-state index is 4.73. The van der Waals surface area contributed by atoms with Crippen LogP contribution in [-0.2, 0) is 4.84 Å². The summed E-state index contributed by atoms with van der Waals surface area (Å²) >= 11 is 0. The molecular formula is C14H15NO. The lowest BCUT2D eigenvalue weighted by molar-refractivity contribution is 0.215. The fourth-order valence-corrected chi connectivity index (χ4v) is 1.93. The van der Waals surface area contributed by atoms with Crippen molar-refractivity contribution in [1.82, 2.24) is 0 Å². The number of oxime groups is 1. The van der Waals surface area contributed by atoms with Crippen molar-refractivity contribution in [3.63, 3.8) is 0 Å². The second-order valence-electron chi connectivity index (χ2n) is 3.77. The smallest absolute Gasteiger partial charge is 0.106 e. The van der Waals surface area contributed by atoms with E-state index in [0.29, 0.717) is 0 Å². The normalized spacial score (nSPS) is 15.1. The van der Waals surface area contributed by atoms with Crippen molar-refractivity contribution in [2.75, 3.05) is 7.11 Å². The van der Waals surface area contributed by atoms with Crippen molar-refractivity contribution in [2.24, 2.45) is 5.16 Å². The second kappa shape index (κ2) is 4.79. The van der Waals surface area contributed by atoms with Crippen LogP contribution in [0.4, 0.5) is 0 Å². The van der Waals surface area contributed by atoms with Gasteiger partial charge >= 0.3 is 0 Å². The summed E-state index contributed by atoms with van der Waals surface area (Å²) in [5.41, 5.74) is 5.05. The summed E-state index contributed by atoms with van der Waals surface area (Å²) in [5, 5.41) is 3.83. The quantitative estimate of drug-likeness (QED) is 0.557. The Labute approximate surface area is 95.9 Å². The van der Waals surface area contributed by atoms with E-state index in [9.17, 15) is 0 Å². The number of allylic oxidation sites excluding steroid dienone is 4. The number of hydrogen-bond donors (Lipinski definition) is 0. The van der Waals surface area contributed by atoms with Gasteiger partial charge in [0.15, 0.2) is 0 Å². The molecule has 0 saturated heterocycles. The van der Waals surface area contributed by atoms with E-state index >= 15 is 0 Å². The van der Waals surface area contributed by atoms with Crippen LogP contribution in [0.5, 0.6) is 0 Å². The zero-order valence-corrected chi connectivity index (χ0v) is 9.60. The number of nitrogens with zero attached hydrogens (tertiary/aromatic N) is 1. The second-order valence-corrected chi connectivity index (χ2v) is 3.77. The molecule has 0 radical (unpaired) electrons. The van der Waals surface area contributed by atoms with E-state index in [0.717, 1.165) is 12.0 Å². The first-order chi connectivity index (χ1) is 7.83. The molecule has 0 heterocycles. The minimum Gasteiger partial charge on any atom is -0.399 e. The molecule has 0 spiro atoms. The summed E-state index contributed by atoms with van der Waals surface area (Å²) in [5.74, 6) is 0. The molecule has 0 N–H and O–H groups in total. The van der Waals surface area contributed by atoms with Gasteiger partial charge in [-0.25, -0.2) is 0 Å². The minimum absolute atomic E-state index is 1.00.